The topological polar surface area (TPSA) is 497 Å². The van der Waals surface area contributed by atoms with E-state index in [1.54, 1.807) is 61.9 Å². The number of ether oxygens (including phenoxy) is 3. The molecule has 2 unspecified atom stereocenters. The molecule has 37 nitrogen and oxygen atoms in total. The molecule has 8 aromatic heterocycles. The number of amides is 2. The van der Waals surface area contributed by atoms with Gasteiger partial charge in [0.1, 0.15) is 40.5 Å². The van der Waals surface area contributed by atoms with Crippen LogP contribution in [0.2, 0.25) is 0 Å². The molecule has 748 valence electrons. The average Bonchev–Trinajstić information content (AvgIpc) is 1.59. The van der Waals surface area contributed by atoms with Crippen molar-refractivity contribution in [2.75, 3.05) is 132 Å². The van der Waals surface area contributed by atoms with Crippen LogP contribution in [0.3, 0.4) is 0 Å². The summed E-state index contributed by atoms with van der Waals surface area (Å²) in [4.78, 5) is 72.1. The minimum absolute atomic E-state index is 0.000719. The molecule has 4 saturated heterocycles. The van der Waals surface area contributed by atoms with E-state index in [1.807, 2.05) is 132 Å². The Labute approximate surface area is 828 Å². The maximum Gasteiger partial charge on any atom is 0.390 e. The molecule has 0 bridgehead atoms. The van der Waals surface area contributed by atoms with Gasteiger partial charge in [-0.15, -0.1) is 45.3 Å². The number of alkyl halides is 3. The van der Waals surface area contributed by atoms with Crippen molar-refractivity contribution in [1.29, 1.82) is 0 Å². The normalized spacial score (nSPS) is 15.7. The number of thiazole rings is 4. The van der Waals surface area contributed by atoms with Gasteiger partial charge in [0.25, 0.3) is 0 Å². The molecule has 2 atom stereocenters. The maximum atomic E-state index is 12.5. The summed E-state index contributed by atoms with van der Waals surface area (Å²) >= 11 is 5.54. The van der Waals surface area contributed by atoms with Crippen molar-refractivity contribution in [2.45, 2.75) is 145 Å². The third kappa shape index (κ3) is 30.1. The van der Waals surface area contributed by atoms with Crippen molar-refractivity contribution in [3.05, 3.63) is 173 Å². The predicted octanol–water partition coefficient (Wildman–Crippen LogP) is 13.8. The second-order valence-corrected chi connectivity index (χ2v) is 44.4. The standard InChI is InChI=1S/C24H29F3N6O3S2.C24H30N6O3S2.C23H30N6O3S2.C21H24N6O4S2/c1-16(2)36-21-5-4-18(38(28,34)35)13-19(21)30-23-31-20(15-37-23)17-3-6-22(29-14-17)33-11-9-32(10-12-33)8-7-24(25,26)27;1-16(2)12-18-4-6-20(35(25,32)33)13-21(18)27-24-28-22(15-34-24)19-5-7-23(26-14-19)30-10-8-29(9-11-30)17(3)31;1-14(2)32-21-7-6-18(34(24,30)31)9-19(21)27-23-28-20(13-33-23)17-5-8-22(25-10-17)29-11-15(3)26-16(4)12-29;1-13(2)31-18-5-4-15(33(22,29)30)9-16(18)25-21-26-17(12-32-21)14-3-6-19(24-10-14)27-8-7-23-20(28)11-27/h3-6,13-16H,7-12H2,1-2H3,(H,30,31)(H2,28,34,35);4-7,13-16H,8-12H2,1-3H3,(H,27,28)(H2,25,32,33);5-10,13-16,26H,11-12H2,1-4H3,(H,27,28)(H2,24,30,31);3-6,9-10,12-13H,7-8,11H2,1-2H3,(H,23,28)(H,25,26)(H2,22,29,30). The molecular formula is C92H113F3N24O13S8. The number of carbonyl (C=O) groups excluding carboxylic acids is 2. The van der Waals surface area contributed by atoms with Crippen molar-refractivity contribution in [1.82, 2.24) is 60.3 Å². The minimum atomic E-state index is -4.14. The van der Waals surface area contributed by atoms with Crippen molar-refractivity contribution >= 4 is 164 Å². The molecule has 14 N–H and O–H groups in total. The molecule has 12 heterocycles. The van der Waals surface area contributed by atoms with E-state index in [9.17, 15) is 56.4 Å². The molecule has 140 heavy (non-hydrogen) atoms. The highest BCUT2D eigenvalue weighted by Gasteiger charge is 2.31. The van der Waals surface area contributed by atoms with Gasteiger partial charge in [0.15, 0.2) is 20.5 Å². The molecule has 2 amide bonds. The Hall–Kier alpha value is -11.9. The number of rotatable bonds is 30. The number of piperazine rings is 4. The number of carbonyl (C=O) groups is 2. The Morgan fingerprint density at radius 3 is 1.09 bits per heavy atom. The van der Waals surface area contributed by atoms with Gasteiger partial charge in [-0.1, -0.05) is 19.9 Å². The first-order valence-electron chi connectivity index (χ1n) is 44.7. The van der Waals surface area contributed by atoms with Crippen molar-refractivity contribution < 1.29 is 70.6 Å². The van der Waals surface area contributed by atoms with Gasteiger partial charge in [-0.3, -0.25) is 14.5 Å². The van der Waals surface area contributed by atoms with E-state index < -0.39 is 52.7 Å². The fraction of sp³-hybridized carbons (Fsp3) is 0.370. The smallest absolute Gasteiger partial charge is 0.390 e. The predicted molar refractivity (Wildman–Crippen MR) is 545 cm³/mol. The fourth-order valence-electron chi connectivity index (χ4n) is 15.2. The summed E-state index contributed by atoms with van der Waals surface area (Å²) in [5.41, 5.74) is 9.41. The van der Waals surface area contributed by atoms with Crippen molar-refractivity contribution in [3.8, 4) is 62.3 Å². The maximum absolute atomic E-state index is 12.5. The zero-order valence-corrected chi connectivity index (χ0v) is 85.3. The number of aromatic nitrogens is 8. The number of anilines is 12. The molecule has 0 radical (unpaired) electrons. The van der Waals surface area contributed by atoms with E-state index in [1.165, 1.54) is 81.7 Å². The summed E-state index contributed by atoms with van der Waals surface area (Å²) in [7, 11) is -15.4. The van der Waals surface area contributed by atoms with E-state index in [0.29, 0.717) is 142 Å². The average molecular weight is 2080 g/mol. The Kier molecular flexibility index (Phi) is 34.8. The van der Waals surface area contributed by atoms with Gasteiger partial charge >= 0.3 is 6.18 Å². The number of hydrogen-bond donors (Lipinski definition) is 10. The molecule has 0 aliphatic carbocycles. The van der Waals surface area contributed by atoms with Crippen LogP contribution in [0.15, 0.2) is 187 Å². The minimum Gasteiger partial charge on any atom is -0.489 e. The summed E-state index contributed by atoms with van der Waals surface area (Å²) < 4.78 is 149. The first kappa shape index (κ1) is 105. The molecule has 12 aromatic rings. The van der Waals surface area contributed by atoms with Crippen LogP contribution in [-0.2, 0) is 56.1 Å². The molecule has 4 aliphatic rings. The van der Waals surface area contributed by atoms with E-state index in [2.05, 4.69) is 114 Å². The zero-order valence-electron chi connectivity index (χ0n) is 78.7. The Morgan fingerprint density at radius 1 is 0.450 bits per heavy atom. The van der Waals surface area contributed by atoms with Crippen LogP contribution < -0.4 is 86.3 Å². The van der Waals surface area contributed by atoms with Gasteiger partial charge in [-0.05, 0) is 189 Å². The summed E-state index contributed by atoms with van der Waals surface area (Å²) in [5, 5.41) is 50.2. The molecule has 0 saturated carbocycles. The Balaban J connectivity index is 0.000000157. The van der Waals surface area contributed by atoms with Crippen molar-refractivity contribution in [3.63, 3.8) is 0 Å². The van der Waals surface area contributed by atoms with Gasteiger partial charge < -0.3 is 70.6 Å². The van der Waals surface area contributed by atoms with Gasteiger partial charge in [0.2, 0.25) is 51.9 Å². The summed E-state index contributed by atoms with van der Waals surface area (Å²) in [6.45, 7) is 30.1. The van der Waals surface area contributed by atoms with Gasteiger partial charge in [0, 0.05) is 178 Å². The largest absolute Gasteiger partial charge is 0.489 e. The second-order valence-electron chi connectivity index (χ2n) is 34.7. The van der Waals surface area contributed by atoms with E-state index in [0.717, 1.165) is 95.1 Å². The number of nitrogens with two attached hydrogens (primary N) is 4. The third-order valence-corrected chi connectivity index (χ3v) is 28.5. The van der Waals surface area contributed by atoms with Crippen LogP contribution in [0.5, 0.6) is 17.2 Å². The van der Waals surface area contributed by atoms with Crippen molar-refractivity contribution in [2.24, 2.45) is 26.5 Å². The number of hydrogen-bond acceptors (Lipinski definition) is 35. The second kappa shape index (κ2) is 46.2. The SMILES string of the molecule is CC(=O)N1CCN(c2ccc(-c3csc(Nc4cc(S(N)(=O)=O)ccc4CC(C)C)n3)cn2)CC1.CC(C)Oc1ccc(S(N)(=O)=O)cc1Nc1nc(-c2ccc(N3CCN(CCC(F)(F)F)CC3)nc2)cs1.CC(C)Oc1ccc(S(N)(=O)=O)cc1Nc1nc(-c2ccc(N3CCNC(=O)C3)nc2)cs1.CC1CN(c2ccc(-c3csc(Nc4cc(S(N)(=O)=O)ccc4OC(C)C)n3)cn2)CC(C)N1. The number of benzene rings is 4. The summed E-state index contributed by atoms with van der Waals surface area (Å²) in [6.07, 6.45) is 2.60. The summed E-state index contributed by atoms with van der Waals surface area (Å²) in [6, 6.07) is 34.5. The van der Waals surface area contributed by atoms with E-state index in [4.69, 9.17) is 34.8 Å². The number of sulfonamides is 4. The molecular weight excluding hydrogens is 1960 g/mol. The van der Waals surface area contributed by atoms with Crippen LogP contribution >= 0.6 is 45.3 Å². The van der Waals surface area contributed by atoms with Crippen LogP contribution in [0.1, 0.15) is 88.1 Å². The molecule has 4 aromatic carbocycles. The van der Waals surface area contributed by atoms with Gasteiger partial charge in [-0.2, -0.15) is 13.2 Å². The number of nitrogens with one attached hydrogen (secondary N) is 6. The Bertz CT molecular complexity index is 6740. The van der Waals surface area contributed by atoms with Gasteiger partial charge in [0.05, 0.1) is 90.7 Å². The molecule has 0 spiro atoms. The lowest BCUT2D eigenvalue weighted by Crippen LogP contribution is -2.54. The number of primary sulfonamides is 4. The molecule has 48 heteroatoms. The molecule has 16 rings (SSSR count). The fourth-order valence-corrected chi connectivity index (χ4v) is 20.3. The van der Waals surface area contributed by atoms with Crippen LogP contribution in [0.4, 0.5) is 79.7 Å². The lowest BCUT2D eigenvalue weighted by atomic mass is 10.0. The first-order chi connectivity index (χ1) is 66.2. The first-order valence-corrected chi connectivity index (χ1v) is 54.4. The quantitative estimate of drug-likeness (QED) is 0.0200. The lowest BCUT2D eigenvalue weighted by molar-refractivity contribution is -0.138. The number of pyridine rings is 4. The highest BCUT2D eigenvalue weighted by Crippen LogP contribution is 2.40. The Morgan fingerprint density at radius 2 is 0.779 bits per heavy atom. The van der Waals surface area contributed by atoms with Crippen LogP contribution in [0.25, 0.3) is 45.0 Å². The molecule has 4 aliphatic heterocycles. The van der Waals surface area contributed by atoms with E-state index in [-0.39, 0.29) is 62.8 Å². The van der Waals surface area contributed by atoms with E-state index >= 15 is 0 Å². The molecule has 4 fully saturated rings. The van der Waals surface area contributed by atoms with Crippen LogP contribution in [0, 0.1) is 5.92 Å². The third-order valence-electron chi connectivity index (χ3n) is 21.8. The monoisotopic (exact) mass is 2070 g/mol. The highest BCUT2D eigenvalue weighted by atomic mass is 32.2. The highest BCUT2D eigenvalue weighted by molar-refractivity contribution is 7.90. The number of halogens is 3. The zero-order chi connectivity index (χ0) is 101. The summed E-state index contributed by atoms with van der Waals surface area (Å²) in [5.74, 6) is 5.28. The lowest BCUT2D eigenvalue weighted by Gasteiger charge is -2.36. The van der Waals surface area contributed by atoms with Crippen LogP contribution in [-0.4, -0.2) is 223 Å². The van der Waals surface area contributed by atoms with Gasteiger partial charge in [-0.25, -0.2) is 94.1 Å². The number of nitrogens with zero attached hydrogens (tertiary/aromatic N) is 14.